The van der Waals surface area contributed by atoms with Crippen molar-refractivity contribution in [3.63, 3.8) is 0 Å². The third-order valence-electron chi connectivity index (χ3n) is 15.1. The molecular weight excluding hydrogens is 1080 g/mol. The van der Waals surface area contributed by atoms with E-state index >= 15 is 0 Å². The standard InChI is InChI=1S/C76H133N2O7P/c1-7-10-13-16-19-22-25-28-30-32-34-36-38-39-41-42-44-46-48-50-53-56-59-62-65-68-75(79)77-73(72-84-86(81,82)83-71-70-78(4,5)6)74(67-64-61-58-55-52-27-24-21-18-15-12-9-3)85-76(80)69-66-63-60-57-54-51-49-47-45-43-40-37-35-33-31-29-26-23-20-17-14-11-8-2/h11,14,19-20,22-23,28-31,34-37,43,45,49,51,64,67,73-74H,7-10,12-13,15-18,21,24-27,32-33,38-42,44,46-48,50,52-63,65-66,68-72H2,1-6H3,(H-,77,79,81,82)/p+1/b14-11-,22-19-,23-20-,30-28-,31-29-,36-34-,37-35-,45-43-,51-49-,67-64+. The van der Waals surface area contributed by atoms with Crippen LogP contribution in [0.4, 0.5) is 0 Å². The van der Waals surface area contributed by atoms with Gasteiger partial charge in [-0.2, -0.15) is 0 Å². The van der Waals surface area contributed by atoms with Gasteiger partial charge in [0, 0.05) is 12.8 Å². The summed E-state index contributed by atoms with van der Waals surface area (Å²) in [4.78, 5) is 37.9. The summed E-state index contributed by atoms with van der Waals surface area (Å²) in [6.07, 6.45) is 90.6. The average Bonchev–Trinajstić information content (AvgIpc) is 3.69. The number of unbranched alkanes of at least 4 members (excludes halogenated alkanes) is 29. The van der Waals surface area contributed by atoms with E-state index in [4.69, 9.17) is 13.8 Å². The van der Waals surface area contributed by atoms with E-state index in [1.807, 2.05) is 33.3 Å². The molecule has 0 bridgehead atoms. The first-order valence-electron chi connectivity index (χ1n) is 35.4. The summed E-state index contributed by atoms with van der Waals surface area (Å²) in [7, 11) is 1.47. The number of esters is 1. The maximum Gasteiger partial charge on any atom is 0.472 e. The molecule has 86 heavy (non-hydrogen) atoms. The Morgan fingerprint density at radius 2 is 0.744 bits per heavy atom. The summed E-state index contributed by atoms with van der Waals surface area (Å²) in [6, 6.07) is -0.869. The molecule has 0 spiro atoms. The topological polar surface area (TPSA) is 111 Å². The predicted octanol–water partition coefficient (Wildman–Crippen LogP) is 22.6. The minimum atomic E-state index is -4.47. The summed E-state index contributed by atoms with van der Waals surface area (Å²) < 4.78 is 30.8. The van der Waals surface area contributed by atoms with Crippen molar-refractivity contribution in [1.29, 1.82) is 0 Å². The van der Waals surface area contributed by atoms with Gasteiger partial charge in [0.25, 0.3) is 0 Å². The average molecular weight is 1220 g/mol. The molecule has 0 aromatic carbocycles. The second-order valence-electron chi connectivity index (χ2n) is 24.7. The molecule has 2 N–H and O–H groups in total. The highest BCUT2D eigenvalue weighted by atomic mass is 31.2. The van der Waals surface area contributed by atoms with Crippen LogP contribution >= 0.6 is 7.82 Å². The summed E-state index contributed by atoms with van der Waals surface area (Å²) in [5.74, 6) is -0.538. The van der Waals surface area contributed by atoms with Gasteiger partial charge in [0.15, 0.2) is 0 Å². The number of rotatable bonds is 63. The Morgan fingerprint density at radius 1 is 0.419 bits per heavy atom. The molecule has 1 amide bonds. The van der Waals surface area contributed by atoms with E-state index in [9.17, 15) is 19.0 Å². The first-order valence-corrected chi connectivity index (χ1v) is 36.9. The van der Waals surface area contributed by atoms with Crippen molar-refractivity contribution in [2.24, 2.45) is 0 Å². The Balaban J connectivity index is 5.15. The highest BCUT2D eigenvalue weighted by Gasteiger charge is 2.30. The van der Waals surface area contributed by atoms with Crippen LogP contribution in [-0.2, 0) is 27.9 Å². The number of carbonyl (C=O) groups is 2. The molecule has 494 valence electrons. The molecule has 3 atom stereocenters. The second kappa shape index (κ2) is 64.4. The van der Waals surface area contributed by atoms with Gasteiger partial charge in [-0.25, -0.2) is 4.57 Å². The molecule has 3 unspecified atom stereocenters. The quantitative estimate of drug-likeness (QED) is 0.0205. The zero-order valence-corrected chi connectivity index (χ0v) is 57.4. The fourth-order valence-electron chi connectivity index (χ4n) is 9.72. The van der Waals surface area contributed by atoms with Crippen molar-refractivity contribution in [2.45, 2.75) is 309 Å². The zero-order chi connectivity index (χ0) is 62.8. The molecule has 0 saturated carbocycles. The van der Waals surface area contributed by atoms with E-state index in [1.165, 1.54) is 141 Å². The molecule has 0 aliphatic rings. The second-order valence-corrected chi connectivity index (χ2v) is 26.1. The Kier molecular flexibility index (Phi) is 61.7. The molecule has 9 nitrogen and oxygen atoms in total. The van der Waals surface area contributed by atoms with Crippen LogP contribution in [0.5, 0.6) is 0 Å². The first kappa shape index (κ1) is 82.4. The van der Waals surface area contributed by atoms with Crippen LogP contribution in [0, 0.1) is 0 Å². The molecule has 10 heteroatoms. The number of quaternary nitrogens is 1. The Bertz CT molecular complexity index is 1890. The minimum Gasteiger partial charge on any atom is -0.456 e. The highest BCUT2D eigenvalue weighted by molar-refractivity contribution is 7.47. The van der Waals surface area contributed by atoms with Crippen LogP contribution in [-0.4, -0.2) is 74.3 Å². The Hall–Kier alpha value is -3.59. The van der Waals surface area contributed by atoms with Crippen molar-refractivity contribution in [3.8, 4) is 0 Å². The Morgan fingerprint density at radius 3 is 1.14 bits per heavy atom. The fourth-order valence-corrected chi connectivity index (χ4v) is 10.5. The summed E-state index contributed by atoms with van der Waals surface area (Å²) in [5.41, 5.74) is 0. The fraction of sp³-hybridized carbons (Fsp3) is 0.711. The number of phosphoric ester groups is 1. The summed E-state index contributed by atoms with van der Waals surface area (Å²) >= 11 is 0. The van der Waals surface area contributed by atoms with E-state index in [0.29, 0.717) is 23.9 Å². The zero-order valence-electron chi connectivity index (χ0n) is 56.5. The van der Waals surface area contributed by atoms with Gasteiger partial charge >= 0.3 is 13.8 Å². The van der Waals surface area contributed by atoms with E-state index in [-0.39, 0.29) is 31.5 Å². The summed E-state index contributed by atoms with van der Waals surface area (Å²) in [6.45, 7) is 6.86. The number of ether oxygens (including phenoxy) is 1. The van der Waals surface area contributed by atoms with E-state index in [0.717, 1.165) is 116 Å². The minimum absolute atomic E-state index is 0.0298. The number of phosphoric acid groups is 1. The van der Waals surface area contributed by atoms with Gasteiger partial charge in [-0.1, -0.05) is 284 Å². The van der Waals surface area contributed by atoms with Gasteiger partial charge in [0.2, 0.25) is 5.91 Å². The molecule has 0 fully saturated rings. The number of amides is 1. The molecule has 0 radical (unpaired) electrons. The number of nitrogens with one attached hydrogen (secondary N) is 1. The molecule has 0 aromatic rings. The molecule has 0 aromatic heterocycles. The van der Waals surface area contributed by atoms with Gasteiger partial charge < -0.3 is 19.4 Å². The van der Waals surface area contributed by atoms with Crippen LogP contribution < -0.4 is 5.32 Å². The molecule has 0 aliphatic heterocycles. The molecule has 0 rings (SSSR count). The molecule has 0 saturated heterocycles. The van der Waals surface area contributed by atoms with Gasteiger partial charge in [0.1, 0.15) is 19.3 Å². The van der Waals surface area contributed by atoms with Crippen molar-refractivity contribution >= 4 is 19.7 Å². The van der Waals surface area contributed by atoms with Crippen LogP contribution in [0.3, 0.4) is 0 Å². The van der Waals surface area contributed by atoms with Gasteiger partial charge in [-0.05, 0) is 122 Å². The molecule has 0 aliphatic carbocycles. The SMILES string of the molecule is CC/C=C\C/C=C\C/C=C\C/C=C\C/C=C\C/C=C\CCCCCCC(=O)OC(/C=C/CCCCCCCCCCCC)C(COP(=O)(O)OCC[N+](C)(C)C)NC(=O)CCCCCCCCCCCCCC/C=C\C/C=C\C/C=C\CCCCC. The van der Waals surface area contributed by atoms with Crippen molar-refractivity contribution < 1.29 is 37.3 Å². The number of hydrogen-bond acceptors (Lipinski definition) is 6. The van der Waals surface area contributed by atoms with E-state index in [1.54, 1.807) is 0 Å². The lowest BCUT2D eigenvalue weighted by molar-refractivity contribution is -0.870. The smallest absolute Gasteiger partial charge is 0.456 e. The third-order valence-corrected chi connectivity index (χ3v) is 16.1. The van der Waals surface area contributed by atoms with Gasteiger partial charge in [0.05, 0.1) is 33.8 Å². The number of nitrogens with zero attached hydrogens (tertiary/aromatic N) is 1. The number of hydrogen-bond donors (Lipinski definition) is 2. The molecule has 0 heterocycles. The maximum absolute atomic E-state index is 13.6. The lowest BCUT2D eigenvalue weighted by Crippen LogP contribution is -2.47. The van der Waals surface area contributed by atoms with E-state index in [2.05, 4.69) is 135 Å². The number of carbonyl (C=O) groups excluding carboxylic acids is 2. The van der Waals surface area contributed by atoms with E-state index < -0.39 is 20.0 Å². The first-order chi connectivity index (χ1) is 41.9. The van der Waals surface area contributed by atoms with Crippen molar-refractivity contribution in [3.05, 3.63) is 122 Å². The van der Waals surface area contributed by atoms with Crippen LogP contribution in [0.15, 0.2) is 122 Å². The lowest BCUT2D eigenvalue weighted by atomic mass is 10.0. The van der Waals surface area contributed by atoms with Crippen molar-refractivity contribution in [1.82, 2.24) is 5.32 Å². The monoisotopic (exact) mass is 1220 g/mol. The lowest BCUT2D eigenvalue weighted by Gasteiger charge is -2.27. The number of likely N-dealkylation sites (N-methyl/N-ethyl adjacent to an activating group) is 1. The number of allylic oxidation sites excluding steroid dienone is 19. The van der Waals surface area contributed by atoms with Crippen LogP contribution in [0.2, 0.25) is 0 Å². The maximum atomic E-state index is 13.6. The van der Waals surface area contributed by atoms with Gasteiger partial charge in [-0.15, -0.1) is 0 Å². The normalized spacial score (nSPS) is 14.3. The predicted molar refractivity (Wildman–Crippen MR) is 373 cm³/mol. The van der Waals surface area contributed by atoms with Gasteiger partial charge in [-0.3, -0.25) is 18.6 Å². The highest BCUT2D eigenvalue weighted by Crippen LogP contribution is 2.43. The van der Waals surface area contributed by atoms with Crippen molar-refractivity contribution in [2.75, 3.05) is 40.9 Å². The summed E-state index contributed by atoms with van der Waals surface area (Å²) in [5, 5.41) is 3.06. The molecular formula is C76H134N2O7P+. The Labute approximate surface area is 531 Å². The third kappa shape index (κ3) is 64.9. The van der Waals surface area contributed by atoms with Crippen LogP contribution in [0.1, 0.15) is 297 Å². The largest absolute Gasteiger partial charge is 0.472 e. The van der Waals surface area contributed by atoms with Crippen LogP contribution in [0.25, 0.3) is 0 Å².